The van der Waals surface area contributed by atoms with Gasteiger partial charge in [0.1, 0.15) is 6.04 Å². The molecule has 110 valence electrons. The van der Waals surface area contributed by atoms with Crippen molar-refractivity contribution in [3.63, 3.8) is 0 Å². The molecule has 0 saturated heterocycles. The normalized spacial score (nSPS) is 19.7. The minimum Gasteiger partial charge on any atom is -0.480 e. The van der Waals surface area contributed by atoms with E-state index in [9.17, 15) is 9.59 Å². The third kappa shape index (κ3) is 4.82. The van der Waals surface area contributed by atoms with Crippen LogP contribution in [0.4, 0.5) is 0 Å². The minimum atomic E-state index is -0.958. The Morgan fingerprint density at radius 3 is 2.42 bits per heavy atom. The Balaban J connectivity index is 2.54. The number of amides is 1. The molecule has 1 fully saturated rings. The summed E-state index contributed by atoms with van der Waals surface area (Å²) in [5, 5.41) is 11.7. The van der Waals surface area contributed by atoms with E-state index in [1.54, 1.807) is 0 Å². The maximum absolute atomic E-state index is 12.0. The van der Waals surface area contributed by atoms with Gasteiger partial charge in [-0.3, -0.25) is 4.79 Å². The summed E-state index contributed by atoms with van der Waals surface area (Å²) in [6.45, 7) is 2.41. The summed E-state index contributed by atoms with van der Waals surface area (Å²) < 4.78 is 0. The Morgan fingerprint density at radius 1 is 1.32 bits per heavy atom. The number of hydrogen-bond donors (Lipinski definition) is 3. The zero-order valence-electron chi connectivity index (χ0n) is 11.8. The molecule has 1 saturated carbocycles. The zero-order chi connectivity index (χ0) is 14.3. The van der Waals surface area contributed by atoms with E-state index in [1.165, 1.54) is 6.42 Å². The van der Waals surface area contributed by atoms with Gasteiger partial charge >= 0.3 is 5.97 Å². The Hall–Kier alpha value is -1.10. The van der Waals surface area contributed by atoms with Crippen molar-refractivity contribution in [3.8, 4) is 0 Å². The summed E-state index contributed by atoms with van der Waals surface area (Å²) in [7, 11) is 0. The fourth-order valence-corrected chi connectivity index (χ4v) is 2.89. The predicted octanol–water partition coefficient (Wildman–Crippen LogP) is 1.66. The molecule has 19 heavy (non-hydrogen) atoms. The highest BCUT2D eigenvalue weighted by Crippen LogP contribution is 2.38. The van der Waals surface area contributed by atoms with Crippen LogP contribution in [0.2, 0.25) is 0 Å². The topological polar surface area (TPSA) is 92.4 Å². The van der Waals surface area contributed by atoms with Crippen LogP contribution in [0, 0.1) is 5.41 Å². The van der Waals surface area contributed by atoms with Gasteiger partial charge < -0.3 is 16.2 Å². The molecule has 1 aliphatic rings. The number of carbonyl (C=O) groups is 2. The van der Waals surface area contributed by atoms with Crippen molar-refractivity contribution in [1.29, 1.82) is 0 Å². The second-order valence-corrected chi connectivity index (χ2v) is 5.69. The molecule has 0 aromatic carbocycles. The number of hydrogen-bond acceptors (Lipinski definition) is 3. The number of nitrogens with one attached hydrogen (secondary N) is 1. The summed E-state index contributed by atoms with van der Waals surface area (Å²) in [6.07, 6.45) is 6.94. The summed E-state index contributed by atoms with van der Waals surface area (Å²) >= 11 is 0. The van der Waals surface area contributed by atoms with Gasteiger partial charge in [-0.2, -0.15) is 0 Å². The molecule has 4 N–H and O–H groups in total. The Bertz CT molecular complexity index is 312. The van der Waals surface area contributed by atoms with Gasteiger partial charge in [-0.15, -0.1) is 0 Å². The molecule has 1 atom stereocenters. The largest absolute Gasteiger partial charge is 0.480 e. The Morgan fingerprint density at radius 2 is 1.95 bits per heavy atom. The second-order valence-electron chi connectivity index (χ2n) is 5.69. The number of carbonyl (C=O) groups excluding carboxylic acids is 1. The molecule has 0 aliphatic heterocycles. The van der Waals surface area contributed by atoms with Crippen molar-refractivity contribution >= 4 is 11.9 Å². The summed E-state index contributed by atoms with van der Waals surface area (Å²) in [5.74, 6) is -1.13. The van der Waals surface area contributed by atoms with Crippen LogP contribution >= 0.6 is 0 Å². The van der Waals surface area contributed by atoms with Crippen molar-refractivity contribution in [2.45, 2.75) is 64.3 Å². The van der Waals surface area contributed by atoms with Gasteiger partial charge in [0, 0.05) is 6.42 Å². The molecule has 5 heteroatoms. The van der Waals surface area contributed by atoms with Crippen molar-refractivity contribution in [3.05, 3.63) is 0 Å². The fraction of sp³-hybridized carbons (Fsp3) is 0.857. The van der Waals surface area contributed by atoms with Crippen molar-refractivity contribution in [2.75, 3.05) is 6.54 Å². The molecule has 0 aromatic heterocycles. The molecule has 5 nitrogen and oxygen atoms in total. The first-order chi connectivity index (χ1) is 9.03. The van der Waals surface area contributed by atoms with Crippen LogP contribution in [0.5, 0.6) is 0 Å². The smallest absolute Gasteiger partial charge is 0.326 e. The summed E-state index contributed by atoms with van der Waals surface area (Å²) in [5.41, 5.74) is 5.73. The highest BCUT2D eigenvalue weighted by Gasteiger charge is 2.33. The van der Waals surface area contributed by atoms with Gasteiger partial charge in [-0.25, -0.2) is 4.79 Å². The first-order valence-electron chi connectivity index (χ1n) is 7.25. The monoisotopic (exact) mass is 270 g/mol. The standard InChI is InChI=1S/C14H26N2O3/c1-2-6-11(13(18)19)16-12(17)9-14(10-15)7-4-3-5-8-14/h11H,2-10,15H2,1H3,(H,16,17)(H,18,19)/t11-/m0/s1. The number of rotatable bonds is 7. The van der Waals surface area contributed by atoms with Crippen LogP contribution in [0.3, 0.4) is 0 Å². The SMILES string of the molecule is CCC[C@H](NC(=O)CC1(CN)CCCCC1)C(=O)O. The zero-order valence-corrected chi connectivity index (χ0v) is 11.8. The van der Waals surface area contributed by atoms with Crippen LogP contribution in [0.15, 0.2) is 0 Å². The van der Waals surface area contributed by atoms with E-state index in [0.717, 1.165) is 32.1 Å². The maximum atomic E-state index is 12.0. The van der Waals surface area contributed by atoms with Gasteiger partial charge in [0.15, 0.2) is 0 Å². The molecule has 0 bridgehead atoms. The Labute approximate surface area is 114 Å². The molecular formula is C14H26N2O3. The average molecular weight is 270 g/mol. The van der Waals surface area contributed by atoms with E-state index in [0.29, 0.717) is 19.4 Å². The van der Waals surface area contributed by atoms with Crippen LogP contribution in [0.25, 0.3) is 0 Å². The number of nitrogens with two attached hydrogens (primary N) is 1. The first-order valence-corrected chi connectivity index (χ1v) is 7.25. The van der Waals surface area contributed by atoms with E-state index in [-0.39, 0.29) is 11.3 Å². The highest BCUT2D eigenvalue weighted by atomic mass is 16.4. The van der Waals surface area contributed by atoms with E-state index in [1.807, 2.05) is 6.92 Å². The molecule has 0 spiro atoms. The molecule has 1 amide bonds. The molecule has 1 aliphatic carbocycles. The minimum absolute atomic E-state index is 0.113. The number of aliphatic carboxylic acids is 1. The molecule has 0 heterocycles. The third-order valence-corrected chi connectivity index (χ3v) is 4.09. The van der Waals surface area contributed by atoms with Crippen LogP contribution < -0.4 is 11.1 Å². The summed E-state index contributed by atoms with van der Waals surface area (Å²) in [4.78, 5) is 23.1. The predicted molar refractivity (Wildman–Crippen MR) is 73.7 cm³/mol. The lowest BCUT2D eigenvalue weighted by molar-refractivity contribution is -0.142. The van der Waals surface area contributed by atoms with Gasteiger partial charge in [-0.05, 0) is 31.2 Å². The van der Waals surface area contributed by atoms with Gasteiger partial charge in [0.25, 0.3) is 0 Å². The van der Waals surface area contributed by atoms with Gasteiger partial charge in [0.2, 0.25) is 5.91 Å². The van der Waals surface area contributed by atoms with E-state index in [4.69, 9.17) is 10.8 Å². The van der Waals surface area contributed by atoms with Crippen LogP contribution in [0.1, 0.15) is 58.3 Å². The quantitative estimate of drug-likeness (QED) is 0.656. The molecule has 0 aromatic rings. The third-order valence-electron chi connectivity index (χ3n) is 4.09. The average Bonchev–Trinajstić information content (AvgIpc) is 2.39. The lowest BCUT2D eigenvalue weighted by Crippen LogP contribution is -2.44. The number of carboxylic acids is 1. The molecule has 0 radical (unpaired) electrons. The van der Waals surface area contributed by atoms with E-state index >= 15 is 0 Å². The molecule has 1 rings (SSSR count). The van der Waals surface area contributed by atoms with Gasteiger partial charge in [0.05, 0.1) is 0 Å². The fourth-order valence-electron chi connectivity index (χ4n) is 2.89. The summed E-state index contributed by atoms with van der Waals surface area (Å²) in [6, 6.07) is -0.768. The highest BCUT2D eigenvalue weighted by molar-refractivity contribution is 5.83. The van der Waals surface area contributed by atoms with Crippen molar-refractivity contribution in [2.24, 2.45) is 11.1 Å². The number of carboxylic acid groups (broad SMARTS) is 1. The second kappa shape index (κ2) is 7.48. The first kappa shape index (κ1) is 16.0. The van der Waals surface area contributed by atoms with E-state index < -0.39 is 12.0 Å². The van der Waals surface area contributed by atoms with Crippen LogP contribution in [-0.4, -0.2) is 29.6 Å². The lowest BCUT2D eigenvalue weighted by atomic mass is 9.71. The van der Waals surface area contributed by atoms with Gasteiger partial charge in [-0.1, -0.05) is 32.6 Å². The van der Waals surface area contributed by atoms with E-state index in [2.05, 4.69) is 5.32 Å². The maximum Gasteiger partial charge on any atom is 0.326 e. The van der Waals surface area contributed by atoms with Crippen LogP contribution in [-0.2, 0) is 9.59 Å². The molecular weight excluding hydrogens is 244 g/mol. The Kier molecular flexibility index (Phi) is 6.28. The van der Waals surface area contributed by atoms with Crippen molar-refractivity contribution in [1.82, 2.24) is 5.32 Å². The lowest BCUT2D eigenvalue weighted by Gasteiger charge is -2.35. The molecule has 0 unspecified atom stereocenters. The van der Waals surface area contributed by atoms with Crippen molar-refractivity contribution < 1.29 is 14.7 Å².